The molecule has 1 unspecified atom stereocenters. The summed E-state index contributed by atoms with van der Waals surface area (Å²) in [4.78, 5) is 12.6. The molecule has 0 fully saturated rings. The first-order chi connectivity index (χ1) is 8.56. The highest BCUT2D eigenvalue weighted by molar-refractivity contribution is 5.87. The van der Waals surface area contributed by atoms with Crippen molar-refractivity contribution in [3.63, 3.8) is 0 Å². The van der Waals surface area contributed by atoms with E-state index in [2.05, 4.69) is 11.8 Å². The lowest BCUT2D eigenvalue weighted by Gasteiger charge is -2.27. The third kappa shape index (κ3) is 3.89. The Morgan fingerprint density at radius 2 is 2.17 bits per heavy atom. The van der Waals surface area contributed by atoms with Crippen LogP contribution in [0.25, 0.3) is 6.08 Å². The molecule has 98 valence electrons. The van der Waals surface area contributed by atoms with Gasteiger partial charge in [-0.1, -0.05) is 18.2 Å². The first-order valence-corrected chi connectivity index (χ1v) is 5.78. The average molecular weight is 249 g/mol. The van der Waals surface area contributed by atoms with Gasteiger partial charge < -0.3 is 14.7 Å². The van der Waals surface area contributed by atoms with Crippen molar-refractivity contribution in [1.29, 1.82) is 0 Å². The van der Waals surface area contributed by atoms with E-state index in [0.717, 1.165) is 17.3 Å². The van der Waals surface area contributed by atoms with Gasteiger partial charge in [0, 0.05) is 32.0 Å². The van der Waals surface area contributed by atoms with Crippen molar-refractivity contribution in [3.05, 3.63) is 35.9 Å². The van der Waals surface area contributed by atoms with Crippen molar-refractivity contribution >= 4 is 17.7 Å². The van der Waals surface area contributed by atoms with Crippen LogP contribution in [0.4, 0.5) is 5.69 Å². The normalized spacial score (nSPS) is 12.6. The minimum atomic E-state index is -0.947. The van der Waals surface area contributed by atoms with Crippen LogP contribution >= 0.6 is 0 Å². The third-order valence-electron chi connectivity index (χ3n) is 2.79. The third-order valence-corrected chi connectivity index (χ3v) is 2.79. The zero-order valence-electron chi connectivity index (χ0n) is 11.0. The molecular formula is C14H19NO3. The number of hydrogen-bond donors (Lipinski definition) is 1. The second kappa shape index (κ2) is 6.81. The maximum atomic E-state index is 10.6. The average Bonchev–Trinajstić information content (AvgIpc) is 2.36. The van der Waals surface area contributed by atoms with Gasteiger partial charge in [-0.25, -0.2) is 4.79 Å². The number of aliphatic carboxylic acids is 1. The molecule has 0 spiro atoms. The van der Waals surface area contributed by atoms with Crippen LogP contribution in [0, 0.1) is 0 Å². The highest BCUT2D eigenvalue weighted by Crippen LogP contribution is 2.22. The summed E-state index contributed by atoms with van der Waals surface area (Å²) < 4.78 is 5.13. The molecule has 0 saturated heterocycles. The van der Waals surface area contributed by atoms with Gasteiger partial charge in [-0.05, 0) is 24.6 Å². The molecule has 0 aliphatic heterocycles. The van der Waals surface area contributed by atoms with Gasteiger partial charge in [0.25, 0.3) is 0 Å². The predicted octanol–water partition coefficient (Wildman–Crippen LogP) is 2.26. The van der Waals surface area contributed by atoms with Crippen molar-refractivity contribution < 1.29 is 14.6 Å². The van der Waals surface area contributed by atoms with Crippen LogP contribution in [0.5, 0.6) is 0 Å². The minimum Gasteiger partial charge on any atom is -0.478 e. The monoisotopic (exact) mass is 249 g/mol. The smallest absolute Gasteiger partial charge is 0.328 e. The van der Waals surface area contributed by atoms with Gasteiger partial charge in [-0.3, -0.25) is 0 Å². The van der Waals surface area contributed by atoms with Gasteiger partial charge in [0.05, 0.1) is 6.61 Å². The van der Waals surface area contributed by atoms with Crippen LogP contribution in [0.2, 0.25) is 0 Å². The van der Waals surface area contributed by atoms with E-state index in [1.807, 2.05) is 31.3 Å². The number of ether oxygens (including phenoxy) is 1. The zero-order valence-corrected chi connectivity index (χ0v) is 11.0. The summed E-state index contributed by atoms with van der Waals surface area (Å²) in [5.41, 5.74) is 1.87. The number of nitrogens with zero attached hydrogens (tertiary/aromatic N) is 1. The Morgan fingerprint density at radius 1 is 1.50 bits per heavy atom. The molecule has 0 radical (unpaired) electrons. The Bertz CT molecular complexity index is 429. The first kappa shape index (κ1) is 14.3. The van der Waals surface area contributed by atoms with Crippen molar-refractivity contribution in [1.82, 2.24) is 0 Å². The maximum absolute atomic E-state index is 10.6. The molecule has 0 aliphatic rings. The number of benzene rings is 1. The fraction of sp³-hybridized carbons (Fsp3) is 0.357. The number of carboxylic acid groups (broad SMARTS) is 1. The van der Waals surface area contributed by atoms with E-state index in [1.165, 1.54) is 0 Å². The lowest BCUT2D eigenvalue weighted by Crippen LogP contribution is -2.33. The molecule has 0 aromatic heterocycles. The van der Waals surface area contributed by atoms with E-state index >= 15 is 0 Å². The number of hydrogen-bond acceptors (Lipinski definition) is 3. The Balaban J connectivity index is 2.97. The number of para-hydroxylation sites is 1. The highest BCUT2D eigenvalue weighted by atomic mass is 16.5. The number of rotatable bonds is 6. The molecule has 4 heteroatoms. The minimum absolute atomic E-state index is 0.217. The number of methoxy groups -OCH3 is 1. The van der Waals surface area contributed by atoms with Crippen LogP contribution in [0.1, 0.15) is 12.5 Å². The van der Waals surface area contributed by atoms with Gasteiger partial charge >= 0.3 is 5.97 Å². The molecule has 0 heterocycles. The highest BCUT2D eigenvalue weighted by Gasteiger charge is 2.11. The van der Waals surface area contributed by atoms with E-state index in [-0.39, 0.29) is 6.04 Å². The summed E-state index contributed by atoms with van der Waals surface area (Å²) in [6, 6.07) is 7.90. The molecule has 0 saturated carbocycles. The van der Waals surface area contributed by atoms with Crippen LogP contribution in [-0.4, -0.2) is 37.9 Å². The fourth-order valence-electron chi connectivity index (χ4n) is 1.70. The summed E-state index contributed by atoms with van der Waals surface area (Å²) >= 11 is 0. The van der Waals surface area contributed by atoms with Gasteiger partial charge in [0.2, 0.25) is 0 Å². The number of likely N-dealkylation sites (N-methyl/N-ethyl adjacent to an activating group) is 1. The van der Waals surface area contributed by atoms with E-state index < -0.39 is 5.97 Å². The van der Waals surface area contributed by atoms with Crippen LogP contribution in [-0.2, 0) is 9.53 Å². The summed E-state index contributed by atoms with van der Waals surface area (Å²) in [6.07, 6.45) is 2.75. The number of carbonyl (C=O) groups is 1. The zero-order chi connectivity index (χ0) is 13.5. The quantitative estimate of drug-likeness (QED) is 0.786. The molecule has 18 heavy (non-hydrogen) atoms. The number of carboxylic acids is 1. The Labute approximate surface area is 107 Å². The largest absolute Gasteiger partial charge is 0.478 e. The molecule has 0 aliphatic carbocycles. The van der Waals surface area contributed by atoms with Gasteiger partial charge in [-0.15, -0.1) is 0 Å². The number of anilines is 1. The van der Waals surface area contributed by atoms with E-state index in [0.29, 0.717) is 6.61 Å². The molecule has 4 nitrogen and oxygen atoms in total. The van der Waals surface area contributed by atoms with Crippen molar-refractivity contribution in [2.24, 2.45) is 0 Å². The van der Waals surface area contributed by atoms with Crippen molar-refractivity contribution in [3.8, 4) is 0 Å². The molecular weight excluding hydrogens is 230 g/mol. The summed E-state index contributed by atoms with van der Waals surface area (Å²) in [5.74, 6) is -0.947. The fourth-order valence-corrected chi connectivity index (χ4v) is 1.70. The molecule has 1 atom stereocenters. The second-order valence-electron chi connectivity index (χ2n) is 4.15. The van der Waals surface area contributed by atoms with E-state index in [4.69, 9.17) is 9.84 Å². The molecule has 1 N–H and O–H groups in total. The van der Waals surface area contributed by atoms with Crippen molar-refractivity contribution in [2.75, 3.05) is 25.7 Å². The second-order valence-corrected chi connectivity index (χ2v) is 4.15. The van der Waals surface area contributed by atoms with Crippen LogP contribution in [0.3, 0.4) is 0 Å². The van der Waals surface area contributed by atoms with Crippen molar-refractivity contribution in [2.45, 2.75) is 13.0 Å². The summed E-state index contributed by atoms with van der Waals surface area (Å²) in [5, 5.41) is 8.68. The molecule has 1 aromatic carbocycles. The SMILES string of the molecule is COCC(C)N(C)c1ccccc1/C=C/C(=O)O. The lowest BCUT2D eigenvalue weighted by molar-refractivity contribution is -0.131. The molecule has 0 bridgehead atoms. The summed E-state index contributed by atoms with van der Waals surface area (Å²) in [6.45, 7) is 2.68. The predicted molar refractivity (Wildman–Crippen MR) is 72.9 cm³/mol. The van der Waals surface area contributed by atoms with Crippen LogP contribution in [0.15, 0.2) is 30.3 Å². The molecule has 1 aromatic rings. The Hall–Kier alpha value is -1.81. The first-order valence-electron chi connectivity index (χ1n) is 5.78. The topological polar surface area (TPSA) is 49.8 Å². The van der Waals surface area contributed by atoms with E-state index in [1.54, 1.807) is 13.2 Å². The molecule has 1 rings (SSSR count). The Morgan fingerprint density at radius 3 is 2.78 bits per heavy atom. The molecule has 0 amide bonds. The van der Waals surface area contributed by atoms with Gasteiger partial charge in [-0.2, -0.15) is 0 Å². The maximum Gasteiger partial charge on any atom is 0.328 e. The van der Waals surface area contributed by atoms with Gasteiger partial charge in [0.15, 0.2) is 0 Å². The lowest BCUT2D eigenvalue weighted by atomic mass is 10.1. The summed E-state index contributed by atoms with van der Waals surface area (Å²) in [7, 11) is 3.64. The Kier molecular flexibility index (Phi) is 5.39. The van der Waals surface area contributed by atoms with E-state index in [9.17, 15) is 4.79 Å². The van der Waals surface area contributed by atoms with Gasteiger partial charge in [0.1, 0.15) is 0 Å². The standard InChI is InChI=1S/C14H19NO3/c1-11(10-18-3)15(2)13-7-5-4-6-12(13)8-9-14(16)17/h4-9,11H,10H2,1-3H3,(H,16,17)/b9-8+. The van der Waals surface area contributed by atoms with Crippen LogP contribution < -0.4 is 4.90 Å².